The summed E-state index contributed by atoms with van der Waals surface area (Å²) in [6.07, 6.45) is -4.66. The third-order valence-corrected chi connectivity index (χ3v) is 3.93. The molecule has 0 atom stereocenters. The molecule has 2 aromatic rings. The van der Waals surface area contributed by atoms with E-state index in [1.165, 1.54) is 12.1 Å². The Morgan fingerprint density at radius 1 is 1.20 bits per heavy atom. The SMILES string of the molecule is Cc1nn(Cc2ccc(OC(F)(F)F)cc2)c(C)c1Br. The van der Waals surface area contributed by atoms with Crippen molar-refractivity contribution in [1.29, 1.82) is 0 Å². The molecule has 108 valence electrons. The van der Waals surface area contributed by atoms with Gasteiger partial charge < -0.3 is 4.74 Å². The first-order valence-electron chi connectivity index (χ1n) is 5.80. The Hall–Kier alpha value is -1.50. The Balaban J connectivity index is 2.13. The summed E-state index contributed by atoms with van der Waals surface area (Å²) in [6, 6.07) is 5.77. The van der Waals surface area contributed by atoms with Gasteiger partial charge in [0, 0.05) is 0 Å². The topological polar surface area (TPSA) is 27.1 Å². The molecule has 0 bridgehead atoms. The van der Waals surface area contributed by atoms with Crippen molar-refractivity contribution in [2.24, 2.45) is 0 Å². The molecule has 0 aliphatic carbocycles. The fourth-order valence-corrected chi connectivity index (χ4v) is 2.08. The number of ether oxygens (including phenoxy) is 1. The van der Waals surface area contributed by atoms with Crippen LogP contribution in [0.3, 0.4) is 0 Å². The highest BCUT2D eigenvalue weighted by Crippen LogP contribution is 2.24. The first-order valence-corrected chi connectivity index (χ1v) is 6.60. The van der Waals surface area contributed by atoms with E-state index < -0.39 is 6.36 Å². The van der Waals surface area contributed by atoms with Crippen LogP contribution in [-0.4, -0.2) is 16.1 Å². The molecule has 3 nitrogen and oxygen atoms in total. The lowest BCUT2D eigenvalue weighted by atomic mass is 10.2. The van der Waals surface area contributed by atoms with Crippen molar-refractivity contribution in [3.05, 3.63) is 45.7 Å². The fraction of sp³-hybridized carbons (Fsp3) is 0.308. The van der Waals surface area contributed by atoms with Gasteiger partial charge in [-0.2, -0.15) is 5.10 Å². The summed E-state index contributed by atoms with van der Waals surface area (Å²) in [6.45, 7) is 4.30. The monoisotopic (exact) mass is 348 g/mol. The number of rotatable bonds is 3. The Morgan fingerprint density at radius 2 is 1.80 bits per heavy atom. The maximum Gasteiger partial charge on any atom is 0.573 e. The zero-order valence-corrected chi connectivity index (χ0v) is 12.4. The number of nitrogens with zero attached hydrogens (tertiary/aromatic N) is 2. The molecule has 0 saturated heterocycles. The summed E-state index contributed by atoms with van der Waals surface area (Å²) in [7, 11) is 0. The van der Waals surface area contributed by atoms with Gasteiger partial charge >= 0.3 is 6.36 Å². The van der Waals surface area contributed by atoms with Gasteiger partial charge in [0.05, 0.1) is 22.4 Å². The van der Waals surface area contributed by atoms with Crippen molar-refractivity contribution in [1.82, 2.24) is 9.78 Å². The van der Waals surface area contributed by atoms with E-state index in [-0.39, 0.29) is 5.75 Å². The molecule has 0 aliphatic rings. The Labute approximate surface area is 122 Å². The number of halogens is 4. The predicted octanol–water partition coefficient (Wildman–Crippen LogP) is 4.21. The lowest BCUT2D eigenvalue weighted by Gasteiger charge is -2.09. The van der Waals surface area contributed by atoms with Gasteiger partial charge in [-0.05, 0) is 47.5 Å². The van der Waals surface area contributed by atoms with Gasteiger partial charge in [0.2, 0.25) is 0 Å². The molecular formula is C13H12BrF3N2O. The average molecular weight is 349 g/mol. The second-order valence-electron chi connectivity index (χ2n) is 4.33. The van der Waals surface area contributed by atoms with Crippen LogP contribution < -0.4 is 4.74 Å². The molecule has 1 aromatic heterocycles. The lowest BCUT2D eigenvalue weighted by molar-refractivity contribution is -0.274. The summed E-state index contributed by atoms with van der Waals surface area (Å²) in [5, 5.41) is 4.35. The van der Waals surface area contributed by atoms with E-state index in [0.29, 0.717) is 6.54 Å². The number of benzene rings is 1. The minimum atomic E-state index is -4.66. The standard InChI is InChI=1S/C13H12BrF3N2O/c1-8-12(14)9(2)19(18-8)7-10-3-5-11(6-4-10)20-13(15,16)17/h3-6H,7H2,1-2H3. The third kappa shape index (κ3) is 3.53. The minimum absolute atomic E-state index is 0.226. The van der Waals surface area contributed by atoms with E-state index in [9.17, 15) is 13.2 Å². The van der Waals surface area contributed by atoms with E-state index >= 15 is 0 Å². The summed E-state index contributed by atoms with van der Waals surface area (Å²) >= 11 is 3.43. The van der Waals surface area contributed by atoms with Crippen LogP contribution in [0.2, 0.25) is 0 Å². The molecule has 0 amide bonds. The maximum atomic E-state index is 12.0. The van der Waals surface area contributed by atoms with Crippen molar-refractivity contribution in [2.75, 3.05) is 0 Å². The van der Waals surface area contributed by atoms with Crippen molar-refractivity contribution in [2.45, 2.75) is 26.8 Å². The minimum Gasteiger partial charge on any atom is -0.406 e. The second-order valence-corrected chi connectivity index (χ2v) is 5.13. The highest BCUT2D eigenvalue weighted by Gasteiger charge is 2.30. The van der Waals surface area contributed by atoms with Crippen molar-refractivity contribution >= 4 is 15.9 Å². The first-order chi connectivity index (χ1) is 9.26. The molecule has 2 rings (SSSR count). The normalized spacial score (nSPS) is 11.7. The molecule has 1 heterocycles. The quantitative estimate of drug-likeness (QED) is 0.830. The van der Waals surface area contributed by atoms with Gasteiger partial charge in [0.15, 0.2) is 0 Å². The van der Waals surface area contributed by atoms with E-state index in [1.807, 2.05) is 13.8 Å². The molecule has 0 N–H and O–H groups in total. The van der Waals surface area contributed by atoms with Crippen LogP contribution in [0.15, 0.2) is 28.7 Å². The molecule has 7 heteroatoms. The fourth-order valence-electron chi connectivity index (χ4n) is 1.80. The highest BCUT2D eigenvalue weighted by molar-refractivity contribution is 9.10. The van der Waals surface area contributed by atoms with Crippen LogP contribution in [0.25, 0.3) is 0 Å². The van der Waals surface area contributed by atoms with E-state index in [4.69, 9.17) is 0 Å². The number of aryl methyl sites for hydroxylation is 1. The maximum absolute atomic E-state index is 12.0. The summed E-state index contributed by atoms with van der Waals surface area (Å²) < 4.78 is 42.7. The van der Waals surface area contributed by atoms with Gasteiger partial charge in [-0.3, -0.25) is 4.68 Å². The van der Waals surface area contributed by atoms with Crippen molar-refractivity contribution in [3.8, 4) is 5.75 Å². The van der Waals surface area contributed by atoms with E-state index in [2.05, 4.69) is 25.8 Å². The Morgan fingerprint density at radius 3 is 2.25 bits per heavy atom. The Bertz CT molecular complexity index is 605. The molecule has 0 fully saturated rings. The number of alkyl halides is 3. The van der Waals surface area contributed by atoms with Crippen molar-refractivity contribution in [3.63, 3.8) is 0 Å². The summed E-state index contributed by atoms with van der Waals surface area (Å²) in [5.41, 5.74) is 2.69. The van der Waals surface area contributed by atoms with Crippen LogP contribution in [0, 0.1) is 13.8 Å². The zero-order valence-electron chi connectivity index (χ0n) is 10.8. The number of aromatic nitrogens is 2. The van der Waals surface area contributed by atoms with E-state index in [1.54, 1.807) is 16.8 Å². The second kappa shape index (κ2) is 5.47. The summed E-state index contributed by atoms with van der Waals surface area (Å²) in [4.78, 5) is 0. The van der Waals surface area contributed by atoms with E-state index in [0.717, 1.165) is 21.4 Å². The largest absolute Gasteiger partial charge is 0.573 e. The smallest absolute Gasteiger partial charge is 0.406 e. The molecule has 0 aliphatic heterocycles. The first kappa shape index (κ1) is 14.9. The highest BCUT2D eigenvalue weighted by atomic mass is 79.9. The molecule has 1 aromatic carbocycles. The van der Waals surface area contributed by atoms with Crippen LogP contribution in [0.4, 0.5) is 13.2 Å². The number of hydrogen-bond acceptors (Lipinski definition) is 2. The molecule has 0 spiro atoms. The van der Waals surface area contributed by atoms with Gasteiger partial charge in [0.25, 0.3) is 0 Å². The predicted molar refractivity (Wildman–Crippen MR) is 71.6 cm³/mol. The van der Waals surface area contributed by atoms with Crippen LogP contribution in [0.5, 0.6) is 5.75 Å². The van der Waals surface area contributed by atoms with Crippen molar-refractivity contribution < 1.29 is 17.9 Å². The Kier molecular flexibility index (Phi) is 4.08. The van der Waals surface area contributed by atoms with Gasteiger partial charge in [-0.1, -0.05) is 12.1 Å². The molecule has 20 heavy (non-hydrogen) atoms. The van der Waals surface area contributed by atoms with Gasteiger partial charge in [-0.25, -0.2) is 0 Å². The molecule has 0 unspecified atom stereocenters. The van der Waals surface area contributed by atoms with Crippen LogP contribution >= 0.6 is 15.9 Å². The van der Waals surface area contributed by atoms with Gasteiger partial charge in [0.1, 0.15) is 5.75 Å². The molecular weight excluding hydrogens is 337 g/mol. The molecule has 0 saturated carbocycles. The number of hydrogen-bond donors (Lipinski definition) is 0. The summed E-state index contributed by atoms with van der Waals surface area (Å²) in [5.74, 6) is -0.226. The van der Waals surface area contributed by atoms with Crippen LogP contribution in [-0.2, 0) is 6.54 Å². The lowest BCUT2D eigenvalue weighted by Crippen LogP contribution is -2.17. The zero-order chi connectivity index (χ0) is 14.9. The third-order valence-electron chi connectivity index (χ3n) is 2.78. The molecule has 0 radical (unpaired) electrons. The average Bonchev–Trinajstić information content (AvgIpc) is 2.58. The van der Waals surface area contributed by atoms with Gasteiger partial charge in [-0.15, -0.1) is 13.2 Å². The van der Waals surface area contributed by atoms with Crippen LogP contribution in [0.1, 0.15) is 17.0 Å².